The van der Waals surface area contributed by atoms with Crippen LogP contribution in [0.3, 0.4) is 0 Å². The van der Waals surface area contributed by atoms with Crippen LogP contribution in [0.1, 0.15) is 11.1 Å². The summed E-state index contributed by atoms with van der Waals surface area (Å²) in [6.07, 6.45) is 1.22. The number of nitrogens with one attached hydrogen (secondary N) is 1. The van der Waals surface area contributed by atoms with Gasteiger partial charge in [-0.25, -0.2) is 8.42 Å². The fraction of sp³-hybridized carbons (Fsp3) is 0.250. The minimum Gasteiger partial charge on any atom is -0.380 e. The lowest BCUT2D eigenvalue weighted by atomic mass is 10.1. The second-order valence-corrected chi connectivity index (χ2v) is 6.86. The molecule has 0 saturated heterocycles. The van der Waals surface area contributed by atoms with Crippen molar-refractivity contribution in [1.82, 2.24) is 0 Å². The molecule has 0 spiro atoms. The number of benzene rings is 2. The van der Waals surface area contributed by atoms with Crippen molar-refractivity contribution >= 4 is 15.5 Å². The Balaban J connectivity index is 2.15. The zero-order chi connectivity index (χ0) is 15.3. The van der Waals surface area contributed by atoms with Crippen molar-refractivity contribution in [1.29, 1.82) is 0 Å². The van der Waals surface area contributed by atoms with Crippen molar-refractivity contribution in [3.63, 3.8) is 0 Å². The molecule has 0 aliphatic carbocycles. The highest BCUT2D eigenvalue weighted by atomic mass is 32.2. The van der Waals surface area contributed by atoms with Crippen LogP contribution in [0.2, 0.25) is 0 Å². The third kappa shape index (κ3) is 4.31. The molecule has 5 heteroatoms. The fourth-order valence-electron chi connectivity index (χ4n) is 2.13. The van der Waals surface area contributed by atoms with Gasteiger partial charge in [0.2, 0.25) is 0 Å². The standard InChI is InChI=1S/C16H19NO3S/c1-20-12-14-7-5-6-13(10-14)11-17-15-8-3-4-9-16(15)21(2,18)19/h3-10,17H,11-12H2,1-2H3. The van der Waals surface area contributed by atoms with E-state index in [9.17, 15) is 8.42 Å². The zero-order valence-electron chi connectivity index (χ0n) is 12.2. The maximum Gasteiger partial charge on any atom is 0.177 e. The molecule has 0 amide bonds. The number of hydrogen-bond donors (Lipinski definition) is 1. The molecule has 0 fully saturated rings. The molecule has 2 rings (SSSR count). The molecule has 0 bridgehead atoms. The predicted octanol–water partition coefficient (Wildman–Crippen LogP) is 2.85. The van der Waals surface area contributed by atoms with Crippen molar-refractivity contribution in [2.24, 2.45) is 0 Å². The Morgan fingerprint density at radius 3 is 2.48 bits per heavy atom. The summed E-state index contributed by atoms with van der Waals surface area (Å²) in [5.74, 6) is 0. The Labute approximate surface area is 125 Å². The van der Waals surface area contributed by atoms with Gasteiger partial charge in [0.1, 0.15) is 0 Å². The summed E-state index contributed by atoms with van der Waals surface area (Å²) < 4.78 is 28.6. The molecule has 1 N–H and O–H groups in total. The number of ether oxygens (including phenoxy) is 1. The summed E-state index contributed by atoms with van der Waals surface area (Å²) in [7, 11) is -1.58. The van der Waals surface area contributed by atoms with Gasteiger partial charge in [0.15, 0.2) is 9.84 Å². The van der Waals surface area contributed by atoms with Gasteiger partial charge in [0.25, 0.3) is 0 Å². The lowest BCUT2D eigenvalue weighted by molar-refractivity contribution is 0.185. The Bertz CT molecular complexity index is 711. The number of para-hydroxylation sites is 1. The van der Waals surface area contributed by atoms with Gasteiger partial charge in [-0.1, -0.05) is 36.4 Å². The second-order valence-electron chi connectivity index (χ2n) is 4.87. The highest BCUT2D eigenvalue weighted by molar-refractivity contribution is 7.90. The van der Waals surface area contributed by atoms with Crippen LogP contribution < -0.4 is 5.32 Å². The summed E-state index contributed by atoms with van der Waals surface area (Å²) in [4.78, 5) is 0.318. The van der Waals surface area contributed by atoms with Gasteiger partial charge in [-0.05, 0) is 23.3 Å². The van der Waals surface area contributed by atoms with Crippen LogP contribution in [0, 0.1) is 0 Å². The van der Waals surface area contributed by atoms with E-state index in [4.69, 9.17) is 4.74 Å². The molecular weight excluding hydrogens is 286 g/mol. The molecule has 0 unspecified atom stereocenters. The number of rotatable bonds is 6. The Morgan fingerprint density at radius 2 is 1.76 bits per heavy atom. The Hall–Kier alpha value is -1.85. The van der Waals surface area contributed by atoms with Crippen molar-refractivity contribution < 1.29 is 13.2 Å². The normalized spacial score (nSPS) is 11.3. The quantitative estimate of drug-likeness (QED) is 0.891. The lowest BCUT2D eigenvalue weighted by Gasteiger charge is -2.11. The maximum absolute atomic E-state index is 11.7. The summed E-state index contributed by atoms with van der Waals surface area (Å²) in [6.45, 7) is 1.12. The van der Waals surface area contributed by atoms with Crippen LogP contribution in [-0.2, 0) is 27.7 Å². The molecule has 0 atom stereocenters. The first-order valence-corrected chi connectivity index (χ1v) is 8.49. The van der Waals surface area contributed by atoms with Crippen molar-refractivity contribution in [2.45, 2.75) is 18.0 Å². The summed E-state index contributed by atoms with van der Waals surface area (Å²) >= 11 is 0. The SMILES string of the molecule is COCc1cccc(CNc2ccccc2S(C)(=O)=O)c1. The van der Waals surface area contributed by atoms with Gasteiger partial charge in [0, 0.05) is 19.9 Å². The van der Waals surface area contributed by atoms with E-state index in [1.807, 2.05) is 30.3 Å². The fourth-order valence-corrected chi connectivity index (χ4v) is 2.99. The molecule has 0 radical (unpaired) electrons. The average molecular weight is 305 g/mol. The minimum absolute atomic E-state index is 0.318. The van der Waals surface area contributed by atoms with E-state index in [0.29, 0.717) is 23.7 Å². The van der Waals surface area contributed by atoms with Crippen LogP contribution in [0.25, 0.3) is 0 Å². The lowest BCUT2D eigenvalue weighted by Crippen LogP contribution is -2.06. The van der Waals surface area contributed by atoms with Gasteiger partial charge in [0.05, 0.1) is 17.2 Å². The van der Waals surface area contributed by atoms with Crippen molar-refractivity contribution in [3.05, 3.63) is 59.7 Å². The summed E-state index contributed by atoms with van der Waals surface area (Å²) in [5, 5.41) is 3.19. The monoisotopic (exact) mass is 305 g/mol. The largest absolute Gasteiger partial charge is 0.380 e. The molecule has 2 aromatic rings. The van der Waals surface area contributed by atoms with Crippen LogP contribution in [0.15, 0.2) is 53.4 Å². The molecule has 0 saturated carbocycles. The number of sulfone groups is 1. The van der Waals surface area contributed by atoms with Crippen LogP contribution in [0.4, 0.5) is 5.69 Å². The first kappa shape index (κ1) is 15.5. The van der Waals surface area contributed by atoms with E-state index in [1.54, 1.807) is 25.3 Å². The topological polar surface area (TPSA) is 55.4 Å². The molecule has 0 aliphatic rings. The molecule has 2 aromatic carbocycles. The highest BCUT2D eigenvalue weighted by Gasteiger charge is 2.11. The van der Waals surface area contributed by atoms with Crippen molar-refractivity contribution in [2.75, 3.05) is 18.7 Å². The smallest absolute Gasteiger partial charge is 0.177 e. The van der Waals surface area contributed by atoms with E-state index in [-0.39, 0.29) is 0 Å². The highest BCUT2D eigenvalue weighted by Crippen LogP contribution is 2.21. The van der Waals surface area contributed by atoms with E-state index >= 15 is 0 Å². The van der Waals surface area contributed by atoms with Gasteiger partial charge < -0.3 is 10.1 Å². The molecular formula is C16H19NO3S. The maximum atomic E-state index is 11.7. The van der Waals surface area contributed by atoms with Crippen LogP contribution >= 0.6 is 0 Å². The number of hydrogen-bond acceptors (Lipinski definition) is 4. The second kappa shape index (κ2) is 6.74. The average Bonchev–Trinajstić information content (AvgIpc) is 2.45. The van der Waals surface area contributed by atoms with Gasteiger partial charge in [-0.2, -0.15) is 0 Å². The molecule has 112 valence electrons. The van der Waals surface area contributed by atoms with Gasteiger partial charge in [-0.15, -0.1) is 0 Å². The van der Waals surface area contributed by atoms with Gasteiger partial charge >= 0.3 is 0 Å². The molecule has 21 heavy (non-hydrogen) atoms. The molecule has 0 aliphatic heterocycles. The van der Waals surface area contributed by atoms with E-state index < -0.39 is 9.84 Å². The minimum atomic E-state index is -3.24. The zero-order valence-corrected chi connectivity index (χ0v) is 13.0. The number of anilines is 1. The molecule has 0 heterocycles. The number of methoxy groups -OCH3 is 1. The van der Waals surface area contributed by atoms with Crippen LogP contribution in [-0.4, -0.2) is 21.8 Å². The predicted molar refractivity (Wildman–Crippen MR) is 84.0 cm³/mol. The first-order chi connectivity index (χ1) is 10.0. The summed E-state index contributed by atoms with van der Waals surface area (Å²) in [5.41, 5.74) is 2.79. The third-order valence-electron chi connectivity index (χ3n) is 3.07. The van der Waals surface area contributed by atoms with E-state index in [1.165, 1.54) is 6.26 Å². The van der Waals surface area contributed by atoms with E-state index in [0.717, 1.165) is 11.1 Å². The van der Waals surface area contributed by atoms with Gasteiger partial charge in [-0.3, -0.25) is 0 Å². The Kier molecular flexibility index (Phi) is 4.98. The molecule has 4 nitrogen and oxygen atoms in total. The summed E-state index contributed by atoms with van der Waals surface area (Å²) in [6, 6.07) is 14.9. The molecule has 0 aromatic heterocycles. The van der Waals surface area contributed by atoms with Crippen molar-refractivity contribution in [3.8, 4) is 0 Å². The third-order valence-corrected chi connectivity index (χ3v) is 4.23. The Morgan fingerprint density at radius 1 is 1.05 bits per heavy atom. The van der Waals surface area contributed by atoms with Crippen LogP contribution in [0.5, 0.6) is 0 Å². The van der Waals surface area contributed by atoms with E-state index in [2.05, 4.69) is 5.32 Å². The first-order valence-electron chi connectivity index (χ1n) is 6.60.